The lowest BCUT2D eigenvalue weighted by molar-refractivity contribution is -0.131. The average molecular weight is 224 g/mol. The Morgan fingerprint density at radius 1 is 1.31 bits per heavy atom. The zero-order chi connectivity index (χ0) is 11.6. The molecule has 0 bridgehead atoms. The lowest BCUT2D eigenvalue weighted by Gasteiger charge is -2.26. The third-order valence-corrected chi connectivity index (χ3v) is 4.09. The minimum atomic E-state index is 0.290. The van der Waals surface area contributed by atoms with Crippen LogP contribution in [0.2, 0.25) is 0 Å². The van der Waals surface area contributed by atoms with Crippen LogP contribution in [0.25, 0.3) is 0 Å². The average Bonchev–Trinajstić information content (AvgIpc) is 2.87. The molecule has 0 aromatic heterocycles. The Labute approximate surface area is 98.6 Å². The summed E-state index contributed by atoms with van der Waals surface area (Å²) in [7, 11) is 0. The van der Waals surface area contributed by atoms with E-state index in [9.17, 15) is 4.79 Å². The van der Waals surface area contributed by atoms with E-state index in [1.54, 1.807) is 0 Å². The van der Waals surface area contributed by atoms with Gasteiger partial charge in [-0.05, 0) is 43.6 Å². The van der Waals surface area contributed by atoms with Crippen LogP contribution in [0, 0.1) is 11.3 Å². The number of hydrogen-bond donors (Lipinski definition) is 1. The molecule has 1 atom stereocenters. The third-order valence-electron chi connectivity index (χ3n) is 4.09. The van der Waals surface area contributed by atoms with Gasteiger partial charge in [0.15, 0.2) is 0 Å². The first kappa shape index (κ1) is 11.9. The quantitative estimate of drug-likeness (QED) is 0.787. The van der Waals surface area contributed by atoms with Gasteiger partial charge in [0.1, 0.15) is 0 Å². The predicted molar refractivity (Wildman–Crippen MR) is 65.2 cm³/mol. The summed E-state index contributed by atoms with van der Waals surface area (Å²) in [5.74, 6) is 1.07. The molecule has 0 aromatic rings. The molecule has 92 valence electrons. The molecule has 0 radical (unpaired) electrons. The largest absolute Gasteiger partial charge is 0.342 e. The summed E-state index contributed by atoms with van der Waals surface area (Å²) in [6, 6.07) is 0. The molecule has 1 amide bonds. The number of hydrogen-bond acceptors (Lipinski definition) is 2. The molecule has 1 N–H and O–H groups in total. The summed E-state index contributed by atoms with van der Waals surface area (Å²) in [5, 5.41) is 3.31. The molecule has 1 saturated carbocycles. The predicted octanol–water partition coefficient (Wildman–Crippen LogP) is 1.63. The fourth-order valence-corrected chi connectivity index (χ4v) is 2.53. The van der Waals surface area contributed by atoms with Gasteiger partial charge in [0.2, 0.25) is 5.91 Å². The van der Waals surface area contributed by atoms with Crippen LogP contribution in [0.5, 0.6) is 0 Å². The first-order chi connectivity index (χ1) is 7.59. The molecule has 1 aliphatic carbocycles. The molecule has 3 heteroatoms. The Kier molecular flexibility index (Phi) is 3.53. The van der Waals surface area contributed by atoms with Crippen LogP contribution in [0.15, 0.2) is 0 Å². The minimum Gasteiger partial charge on any atom is -0.342 e. The van der Waals surface area contributed by atoms with Gasteiger partial charge in [0.25, 0.3) is 0 Å². The van der Waals surface area contributed by atoms with Gasteiger partial charge in [-0.3, -0.25) is 4.79 Å². The number of carbonyl (C=O) groups is 1. The first-order valence-electron chi connectivity index (χ1n) is 6.58. The summed E-state index contributed by atoms with van der Waals surface area (Å²) in [4.78, 5) is 13.8. The zero-order valence-electron chi connectivity index (χ0n) is 10.6. The van der Waals surface area contributed by atoms with E-state index in [-0.39, 0.29) is 5.91 Å². The zero-order valence-corrected chi connectivity index (χ0v) is 10.6. The molecular weight excluding hydrogens is 200 g/mol. The van der Waals surface area contributed by atoms with Crippen molar-refractivity contribution in [3.63, 3.8) is 0 Å². The van der Waals surface area contributed by atoms with E-state index in [2.05, 4.69) is 19.2 Å². The van der Waals surface area contributed by atoms with Crippen molar-refractivity contribution in [3.05, 3.63) is 0 Å². The van der Waals surface area contributed by atoms with E-state index in [0.717, 1.165) is 25.6 Å². The second-order valence-electron chi connectivity index (χ2n) is 5.96. The molecule has 0 aromatic carbocycles. The van der Waals surface area contributed by atoms with Crippen molar-refractivity contribution in [1.29, 1.82) is 0 Å². The monoisotopic (exact) mass is 224 g/mol. The molecule has 2 fully saturated rings. The maximum atomic E-state index is 11.8. The van der Waals surface area contributed by atoms with E-state index >= 15 is 0 Å². The molecule has 16 heavy (non-hydrogen) atoms. The standard InChI is InChI=1S/C13H24N2O/c1-13(2)8-11(13)9-14-10-12(16)15-6-4-3-5-7-15/h11,14H,3-10H2,1-2H3. The minimum absolute atomic E-state index is 0.290. The van der Waals surface area contributed by atoms with Crippen LogP contribution in [0.3, 0.4) is 0 Å². The normalized spacial score (nSPS) is 27.9. The molecule has 1 aliphatic heterocycles. The number of rotatable bonds is 4. The number of likely N-dealkylation sites (tertiary alicyclic amines) is 1. The Balaban J connectivity index is 1.60. The van der Waals surface area contributed by atoms with Crippen LogP contribution in [-0.2, 0) is 4.79 Å². The molecule has 0 spiro atoms. The summed E-state index contributed by atoms with van der Waals surface area (Å²) in [6.07, 6.45) is 4.95. The number of nitrogens with one attached hydrogen (secondary N) is 1. The van der Waals surface area contributed by atoms with Gasteiger partial charge in [-0.15, -0.1) is 0 Å². The SMILES string of the molecule is CC1(C)CC1CNCC(=O)N1CCCCC1. The highest BCUT2D eigenvalue weighted by Crippen LogP contribution is 2.50. The van der Waals surface area contributed by atoms with Crippen molar-refractivity contribution in [2.75, 3.05) is 26.2 Å². The molecule has 2 aliphatic rings. The van der Waals surface area contributed by atoms with Gasteiger partial charge in [-0.2, -0.15) is 0 Å². The Morgan fingerprint density at radius 2 is 1.94 bits per heavy atom. The number of nitrogens with zero attached hydrogens (tertiary/aromatic N) is 1. The van der Waals surface area contributed by atoms with Gasteiger partial charge < -0.3 is 10.2 Å². The van der Waals surface area contributed by atoms with Crippen LogP contribution >= 0.6 is 0 Å². The van der Waals surface area contributed by atoms with Gasteiger partial charge in [0.05, 0.1) is 6.54 Å². The van der Waals surface area contributed by atoms with Crippen LogP contribution in [0.4, 0.5) is 0 Å². The van der Waals surface area contributed by atoms with E-state index in [4.69, 9.17) is 0 Å². The summed E-state index contributed by atoms with van der Waals surface area (Å²) >= 11 is 0. The Bertz CT molecular complexity index is 257. The fourth-order valence-electron chi connectivity index (χ4n) is 2.53. The van der Waals surface area contributed by atoms with Gasteiger partial charge >= 0.3 is 0 Å². The maximum absolute atomic E-state index is 11.8. The van der Waals surface area contributed by atoms with Gasteiger partial charge in [-0.1, -0.05) is 13.8 Å². The highest BCUT2D eigenvalue weighted by molar-refractivity contribution is 5.78. The first-order valence-corrected chi connectivity index (χ1v) is 6.58. The smallest absolute Gasteiger partial charge is 0.236 e. The highest BCUT2D eigenvalue weighted by atomic mass is 16.2. The van der Waals surface area contributed by atoms with Crippen molar-refractivity contribution in [1.82, 2.24) is 10.2 Å². The molecule has 1 unspecified atom stereocenters. The van der Waals surface area contributed by atoms with Crippen LogP contribution in [-0.4, -0.2) is 37.0 Å². The van der Waals surface area contributed by atoms with Crippen molar-refractivity contribution in [2.45, 2.75) is 39.5 Å². The van der Waals surface area contributed by atoms with Crippen molar-refractivity contribution >= 4 is 5.91 Å². The maximum Gasteiger partial charge on any atom is 0.236 e. The Morgan fingerprint density at radius 3 is 2.50 bits per heavy atom. The van der Waals surface area contributed by atoms with Crippen molar-refractivity contribution in [2.24, 2.45) is 11.3 Å². The lowest BCUT2D eigenvalue weighted by atomic mass is 10.1. The topological polar surface area (TPSA) is 32.3 Å². The molecule has 1 heterocycles. The van der Waals surface area contributed by atoms with E-state index in [1.807, 2.05) is 4.90 Å². The molecule has 1 saturated heterocycles. The van der Waals surface area contributed by atoms with E-state index in [0.29, 0.717) is 12.0 Å². The molecule has 2 rings (SSSR count). The van der Waals surface area contributed by atoms with Crippen LogP contribution in [0.1, 0.15) is 39.5 Å². The summed E-state index contributed by atoms with van der Waals surface area (Å²) in [6.45, 7) is 8.07. The second-order valence-corrected chi connectivity index (χ2v) is 5.96. The van der Waals surface area contributed by atoms with Gasteiger partial charge in [0, 0.05) is 13.1 Å². The number of amides is 1. The lowest BCUT2D eigenvalue weighted by Crippen LogP contribution is -2.41. The third kappa shape index (κ3) is 2.97. The summed E-state index contributed by atoms with van der Waals surface area (Å²) < 4.78 is 0. The van der Waals surface area contributed by atoms with Crippen molar-refractivity contribution in [3.8, 4) is 0 Å². The highest BCUT2D eigenvalue weighted by Gasteiger charge is 2.44. The Hall–Kier alpha value is -0.570. The van der Waals surface area contributed by atoms with E-state index < -0.39 is 0 Å². The van der Waals surface area contributed by atoms with E-state index in [1.165, 1.54) is 25.7 Å². The molecular formula is C13H24N2O. The number of carbonyl (C=O) groups excluding carboxylic acids is 1. The number of piperidine rings is 1. The van der Waals surface area contributed by atoms with Crippen molar-refractivity contribution < 1.29 is 4.79 Å². The summed E-state index contributed by atoms with van der Waals surface area (Å²) in [5.41, 5.74) is 0.515. The molecule has 3 nitrogen and oxygen atoms in total. The van der Waals surface area contributed by atoms with Crippen LogP contribution < -0.4 is 5.32 Å². The van der Waals surface area contributed by atoms with Gasteiger partial charge in [-0.25, -0.2) is 0 Å². The fraction of sp³-hybridized carbons (Fsp3) is 0.923. The second kappa shape index (κ2) is 4.74.